The summed E-state index contributed by atoms with van der Waals surface area (Å²) in [5.41, 5.74) is 4.22. The van der Waals surface area contributed by atoms with Gasteiger partial charge in [0.05, 0.1) is 17.7 Å². The highest BCUT2D eigenvalue weighted by atomic mass is 19.1. The van der Waals surface area contributed by atoms with Crippen LogP contribution in [0, 0.1) is 11.7 Å². The third-order valence-corrected chi connectivity index (χ3v) is 5.20. The van der Waals surface area contributed by atoms with Crippen molar-refractivity contribution in [2.75, 3.05) is 11.9 Å². The fourth-order valence-corrected chi connectivity index (χ4v) is 4.16. The molecule has 24 heavy (non-hydrogen) atoms. The Hall–Kier alpha value is -2.46. The summed E-state index contributed by atoms with van der Waals surface area (Å²) in [6, 6.07) is 15.1. The molecule has 5 rings (SSSR count). The van der Waals surface area contributed by atoms with Gasteiger partial charge in [-0.1, -0.05) is 18.2 Å². The quantitative estimate of drug-likeness (QED) is 0.710. The molecule has 0 bridgehead atoms. The Labute approximate surface area is 139 Å². The second-order valence-corrected chi connectivity index (χ2v) is 6.52. The number of hydrogen-bond acceptors (Lipinski definition) is 3. The third kappa shape index (κ3) is 2.03. The largest absolute Gasteiger partial charge is 0.378 e. The van der Waals surface area contributed by atoms with Crippen LogP contribution in [0.1, 0.15) is 29.7 Å². The molecule has 0 amide bonds. The molecule has 120 valence electrons. The number of aromatic nitrogens is 1. The summed E-state index contributed by atoms with van der Waals surface area (Å²) in [6.07, 6.45) is 2.81. The molecule has 3 heterocycles. The number of hydrogen-bond donors (Lipinski definition) is 1. The minimum atomic E-state index is -0.196. The van der Waals surface area contributed by atoms with Crippen LogP contribution in [0.5, 0.6) is 0 Å². The van der Waals surface area contributed by atoms with Gasteiger partial charge in [0, 0.05) is 35.4 Å². The van der Waals surface area contributed by atoms with Crippen LogP contribution >= 0.6 is 0 Å². The molecule has 2 aromatic carbocycles. The van der Waals surface area contributed by atoms with Crippen LogP contribution in [0.4, 0.5) is 10.1 Å². The van der Waals surface area contributed by atoms with E-state index in [4.69, 9.17) is 4.74 Å². The van der Waals surface area contributed by atoms with Crippen molar-refractivity contribution in [1.29, 1.82) is 0 Å². The molecule has 0 aliphatic carbocycles. The zero-order valence-electron chi connectivity index (χ0n) is 13.1. The lowest BCUT2D eigenvalue weighted by molar-refractivity contribution is 0.0841. The van der Waals surface area contributed by atoms with Crippen molar-refractivity contribution in [3.8, 4) is 0 Å². The van der Waals surface area contributed by atoms with Gasteiger partial charge in [0.25, 0.3) is 0 Å². The average Bonchev–Trinajstić information content (AvgIpc) is 3.10. The Morgan fingerprint density at radius 1 is 1.12 bits per heavy atom. The van der Waals surface area contributed by atoms with Gasteiger partial charge in [-0.25, -0.2) is 4.39 Å². The maximum absolute atomic E-state index is 13.7. The molecular weight excluding hydrogens is 303 g/mol. The molecule has 1 aromatic heterocycles. The smallest absolute Gasteiger partial charge is 0.123 e. The summed E-state index contributed by atoms with van der Waals surface area (Å²) in [7, 11) is 0. The van der Waals surface area contributed by atoms with Crippen LogP contribution in [0.15, 0.2) is 54.7 Å². The van der Waals surface area contributed by atoms with Crippen LogP contribution in [0.25, 0.3) is 10.9 Å². The van der Waals surface area contributed by atoms with Crippen molar-refractivity contribution in [3.05, 3.63) is 71.7 Å². The SMILES string of the molecule is Fc1cccc([C@H]2Nc3ccc4ncccc4c3[C@@H]3OCC[C@H]23)c1. The van der Waals surface area contributed by atoms with Gasteiger partial charge in [-0.3, -0.25) is 4.98 Å². The topological polar surface area (TPSA) is 34.2 Å². The first-order valence-electron chi connectivity index (χ1n) is 8.32. The first-order chi connectivity index (χ1) is 11.8. The average molecular weight is 320 g/mol. The zero-order valence-corrected chi connectivity index (χ0v) is 13.1. The van der Waals surface area contributed by atoms with Gasteiger partial charge in [-0.15, -0.1) is 0 Å². The number of ether oxygens (including phenoxy) is 1. The van der Waals surface area contributed by atoms with Crippen molar-refractivity contribution in [2.45, 2.75) is 18.6 Å². The van der Waals surface area contributed by atoms with Gasteiger partial charge in [0.1, 0.15) is 5.82 Å². The number of rotatable bonds is 1. The molecule has 3 nitrogen and oxygen atoms in total. The Morgan fingerprint density at radius 2 is 2.08 bits per heavy atom. The first kappa shape index (κ1) is 13.9. The number of nitrogens with zero attached hydrogens (tertiary/aromatic N) is 1. The van der Waals surface area contributed by atoms with E-state index >= 15 is 0 Å². The van der Waals surface area contributed by atoms with Crippen molar-refractivity contribution in [1.82, 2.24) is 4.98 Å². The summed E-state index contributed by atoms with van der Waals surface area (Å²) < 4.78 is 19.8. The van der Waals surface area contributed by atoms with Crippen LogP contribution in [-0.4, -0.2) is 11.6 Å². The normalized spacial score (nSPS) is 25.1. The minimum absolute atomic E-state index is 0.0300. The van der Waals surface area contributed by atoms with E-state index in [9.17, 15) is 4.39 Å². The van der Waals surface area contributed by atoms with Crippen LogP contribution < -0.4 is 5.32 Å². The fourth-order valence-electron chi connectivity index (χ4n) is 4.16. The molecule has 0 unspecified atom stereocenters. The number of fused-ring (bicyclic) bond motifs is 5. The summed E-state index contributed by atoms with van der Waals surface area (Å²) >= 11 is 0. The van der Waals surface area contributed by atoms with Crippen LogP contribution in [0.3, 0.4) is 0 Å². The van der Waals surface area contributed by atoms with Crippen molar-refractivity contribution < 1.29 is 9.13 Å². The molecule has 1 N–H and O–H groups in total. The Kier molecular flexibility index (Phi) is 3.06. The van der Waals surface area contributed by atoms with E-state index < -0.39 is 0 Å². The number of benzene rings is 2. The Morgan fingerprint density at radius 3 is 3.00 bits per heavy atom. The molecule has 0 radical (unpaired) electrons. The lowest BCUT2D eigenvalue weighted by Gasteiger charge is -2.37. The second kappa shape index (κ2) is 5.28. The molecule has 2 aliphatic heterocycles. The molecule has 1 saturated heterocycles. The lowest BCUT2D eigenvalue weighted by Crippen LogP contribution is -2.29. The van der Waals surface area contributed by atoms with Gasteiger partial charge < -0.3 is 10.1 Å². The summed E-state index contributed by atoms with van der Waals surface area (Å²) in [5, 5.41) is 4.77. The van der Waals surface area contributed by atoms with E-state index in [1.165, 1.54) is 11.6 Å². The third-order valence-electron chi connectivity index (χ3n) is 5.20. The van der Waals surface area contributed by atoms with Gasteiger partial charge in [-0.05, 0) is 42.3 Å². The second-order valence-electron chi connectivity index (χ2n) is 6.52. The zero-order chi connectivity index (χ0) is 16.1. The van der Waals surface area contributed by atoms with E-state index in [1.807, 2.05) is 24.4 Å². The number of nitrogens with one attached hydrogen (secondary N) is 1. The first-order valence-corrected chi connectivity index (χ1v) is 8.32. The highest BCUT2D eigenvalue weighted by molar-refractivity contribution is 5.88. The van der Waals surface area contributed by atoms with E-state index in [0.29, 0.717) is 5.92 Å². The fraction of sp³-hybridized carbons (Fsp3) is 0.250. The van der Waals surface area contributed by atoms with Crippen LogP contribution in [-0.2, 0) is 4.74 Å². The van der Waals surface area contributed by atoms with Gasteiger partial charge in [0.2, 0.25) is 0 Å². The minimum Gasteiger partial charge on any atom is -0.378 e. The Balaban J connectivity index is 1.68. The van der Waals surface area contributed by atoms with Crippen LogP contribution in [0.2, 0.25) is 0 Å². The van der Waals surface area contributed by atoms with E-state index in [0.717, 1.165) is 35.2 Å². The highest BCUT2D eigenvalue weighted by Gasteiger charge is 2.42. The molecule has 1 fully saturated rings. The molecule has 0 saturated carbocycles. The lowest BCUT2D eigenvalue weighted by atomic mass is 9.80. The standard InChI is InChI=1S/C20H17FN2O/c21-13-4-1-3-12(11-13)19-15-8-10-24-20(15)18-14-5-2-9-22-16(14)6-7-17(18)23-19/h1-7,9,11,15,19-20,23H,8,10H2/t15-,19-,20-/m1/s1. The molecule has 2 aliphatic rings. The summed E-state index contributed by atoms with van der Waals surface area (Å²) in [5.74, 6) is 0.100. The van der Waals surface area contributed by atoms with E-state index in [2.05, 4.69) is 22.4 Å². The van der Waals surface area contributed by atoms with Crippen molar-refractivity contribution >= 4 is 16.6 Å². The monoisotopic (exact) mass is 320 g/mol. The molecule has 3 atom stereocenters. The van der Waals surface area contributed by atoms with Crippen molar-refractivity contribution in [3.63, 3.8) is 0 Å². The number of halogens is 1. The van der Waals surface area contributed by atoms with E-state index in [1.54, 1.807) is 12.1 Å². The molecule has 4 heteroatoms. The number of anilines is 1. The van der Waals surface area contributed by atoms with Crippen molar-refractivity contribution in [2.24, 2.45) is 5.92 Å². The molecular formula is C20H17FN2O. The summed E-state index contributed by atoms with van der Waals surface area (Å²) in [4.78, 5) is 4.46. The highest BCUT2D eigenvalue weighted by Crippen LogP contribution is 2.51. The maximum atomic E-state index is 13.7. The summed E-state index contributed by atoms with van der Waals surface area (Å²) in [6.45, 7) is 0.735. The Bertz CT molecular complexity index is 926. The van der Waals surface area contributed by atoms with E-state index in [-0.39, 0.29) is 18.0 Å². The van der Waals surface area contributed by atoms with Gasteiger partial charge in [0.15, 0.2) is 0 Å². The molecule has 0 spiro atoms. The van der Waals surface area contributed by atoms with Gasteiger partial charge in [-0.2, -0.15) is 0 Å². The number of pyridine rings is 1. The predicted molar refractivity (Wildman–Crippen MR) is 91.3 cm³/mol. The predicted octanol–water partition coefficient (Wildman–Crippen LogP) is 4.62. The molecule has 3 aromatic rings. The maximum Gasteiger partial charge on any atom is 0.123 e. The van der Waals surface area contributed by atoms with Gasteiger partial charge >= 0.3 is 0 Å².